The Morgan fingerprint density at radius 3 is 2.50 bits per heavy atom. The van der Waals surface area contributed by atoms with Crippen LogP contribution in [-0.2, 0) is 13.5 Å². The number of carboxylic acids is 1. The predicted octanol–water partition coefficient (Wildman–Crippen LogP) is 5.02. The van der Waals surface area contributed by atoms with E-state index in [1.54, 1.807) is 13.1 Å². The normalized spacial score (nSPS) is 12.0. The summed E-state index contributed by atoms with van der Waals surface area (Å²) in [7, 11) is 4.36. The molecule has 40 heavy (non-hydrogen) atoms. The van der Waals surface area contributed by atoms with Crippen LogP contribution in [0, 0.1) is 5.82 Å². The summed E-state index contributed by atoms with van der Waals surface area (Å²) in [4.78, 5) is 34.1. The number of methoxy groups -OCH3 is 2. The molecule has 13 heteroatoms. The number of ether oxygens (including phenoxy) is 2. The Morgan fingerprint density at radius 1 is 1.18 bits per heavy atom. The van der Waals surface area contributed by atoms with Crippen molar-refractivity contribution in [2.24, 2.45) is 7.05 Å². The van der Waals surface area contributed by atoms with E-state index in [0.29, 0.717) is 21.8 Å². The van der Waals surface area contributed by atoms with E-state index in [4.69, 9.17) is 32.7 Å². The van der Waals surface area contributed by atoms with Crippen LogP contribution in [0.15, 0.2) is 41.5 Å². The van der Waals surface area contributed by atoms with Gasteiger partial charge in [-0.2, -0.15) is 10.1 Å². The highest BCUT2D eigenvalue weighted by atomic mass is 35.5. The highest BCUT2D eigenvalue weighted by molar-refractivity contribution is 6.30. The van der Waals surface area contributed by atoms with Gasteiger partial charge in [-0.15, -0.1) is 0 Å². The van der Waals surface area contributed by atoms with Crippen LogP contribution in [0.2, 0.25) is 10.0 Å². The van der Waals surface area contributed by atoms with E-state index >= 15 is 0 Å². The largest absolute Gasteiger partial charge is 0.479 e. The fourth-order valence-corrected chi connectivity index (χ4v) is 5.04. The summed E-state index contributed by atoms with van der Waals surface area (Å²) in [5, 5.41) is 15.0. The van der Waals surface area contributed by atoms with E-state index in [0.717, 1.165) is 0 Å². The highest BCUT2D eigenvalue weighted by Gasteiger charge is 2.33. The molecule has 0 saturated carbocycles. The molecule has 210 valence electrons. The van der Waals surface area contributed by atoms with Crippen LogP contribution in [0.25, 0.3) is 5.69 Å². The van der Waals surface area contributed by atoms with Crippen molar-refractivity contribution < 1.29 is 23.8 Å². The average molecular weight is 590 g/mol. The number of pyridine rings is 1. The maximum absolute atomic E-state index is 14.8. The number of hydrogen-bond acceptors (Lipinski definition) is 7. The lowest BCUT2D eigenvalue weighted by Crippen LogP contribution is -2.23. The fourth-order valence-electron chi connectivity index (χ4n) is 4.64. The first kappa shape index (κ1) is 29.0. The first-order valence-electron chi connectivity index (χ1n) is 12.1. The highest BCUT2D eigenvalue weighted by Crippen LogP contribution is 2.39. The number of rotatable bonds is 9. The summed E-state index contributed by atoms with van der Waals surface area (Å²) in [6.45, 7) is 3.72. The van der Waals surface area contributed by atoms with Crippen molar-refractivity contribution in [1.82, 2.24) is 24.3 Å². The zero-order valence-electron chi connectivity index (χ0n) is 22.3. The Balaban J connectivity index is 2.07. The average Bonchev–Trinajstić information content (AvgIpc) is 3.32. The van der Waals surface area contributed by atoms with Crippen LogP contribution in [0.5, 0.6) is 11.9 Å². The van der Waals surface area contributed by atoms with Crippen LogP contribution in [0.1, 0.15) is 58.6 Å². The second-order valence-electron chi connectivity index (χ2n) is 9.30. The second-order valence-corrected chi connectivity index (χ2v) is 10.1. The third-order valence-electron chi connectivity index (χ3n) is 6.37. The molecule has 3 heterocycles. The monoisotopic (exact) mass is 589 g/mol. The van der Waals surface area contributed by atoms with Crippen molar-refractivity contribution in [2.75, 3.05) is 14.2 Å². The van der Waals surface area contributed by atoms with Crippen molar-refractivity contribution in [3.63, 3.8) is 0 Å². The van der Waals surface area contributed by atoms with Crippen LogP contribution in [0.3, 0.4) is 0 Å². The number of aromatic carboxylic acids is 1. The van der Waals surface area contributed by atoms with Crippen LogP contribution in [0.4, 0.5) is 4.39 Å². The molecular weight excluding hydrogens is 564 g/mol. The van der Waals surface area contributed by atoms with Gasteiger partial charge in [-0.25, -0.2) is 18.9 Å². The van der Waals surface area contributed by atoms with Gasteiger partial charge in [0.2, 0.25) is 5.88 Å². The molecule has 3 aromatic heterocycles. The third kappa shape index (κ3) is 5.52. The second kappa shape index (κ2) is 11.6. The molecule has 10 nitrogen and oxygen atoms in total. The van der Waals surface area contributed by atoms with Crippen molar-refractivity contribution in [1.29, 1.82) is 0 Å². The van der Waals surface area contributed by atoms with Gasteiger partial charge in [0.25, 0.3) is 5.56 Å². The van der Waals surface area contributed by atoms with E-state index in [2.05, 4.69) is 15.1 Å². The molecule has 0 aliphatic carbocycles. The van der Waals surface area contributed by atoms with Crippen LogP contribution in [-0.4, -0.2) is 49.6 Å². The molecule has 0 aliphatic rings. The van der Waals surface area contributed by atoms with E-state index in [-0.39, 0.29) is 51.8 Å². The van der Waals surface area contributed by atoms with E-state index in [1.165, 1.54) is 54.1 Å². The first-order chi connectivity index (χ1) is 19.0. The molecule has 4 aromatic rings. The number of carbonyl (C=O) groups is 1. The SMILES string of the molecule is COc1ncc(-n2nc(C(=O)O)c(C(Cc3cc(Cl)cn(C)c3=O)c3ccc(Cl)c(F)c3)c2C(C)C)c(OC)n1. The van der Waals surface area contributed by atoms with Crippen molar-refractivity contribution >= 4 is 29.2 Å². The molecule has 0 radical (unpaired) electrons. The van der Waals surface area contributed by atoms with Gasteiger partial charge in [0.1, 0.15) is 11.5 Å². The van der Waals surface area contributed by atoms with Gasteiger partial charge in [-0.1, -0.05) is 43.1 Å². The van der Waals surface area contributed by atoms with E-state index < -0.39 is 17.7 Å². The zero-order chi connectivity index (χ0) is 29.3. The standard InChI is InChI=1S/C27H26Cl2FN5O5/c1-13(2)23-21(22(26(37)38)33-35(23)20-11-31-27(40-5)32-24(20)39-4)17(14-6-7-18(29)19(30)10-14)9-15-8-16(28)12-34(3)25(15)36/h6-8,10-13,17H,9H2,1-5H3,(H,37,38). The van der Waals surface area contributed by atoms with Gasteiger partial charge in [0, 0.05) is 30.3 Å². The molecule has 0 aliphatic heterocycles. The Bertz CT molecular complexity index is 1650. The van der Waals surface area contributed by atoms with E-state index in [1.807, 2.05) is 13.8 Å². The molecule has 1 atom stereocenters. The molecule has 1 unspecified atom stereocenters. The molecule has 0 saturated heterocycles. The van der Waals surface area contributed by atoms with Crippen molar-refractivity contribution in [3.05, 3.63) is 91.0 Å². The molecule has 1 aromatic carbocycles. The number of hydrogen-bond donors (Lipinski definition) is 1. The molecule has 0 bridgehead atoms. The lowest BCUT2D eigenvalue weighted by molar-refractivity contribution is 0.0688. The maximum atomic E-state index is 14.8. The Hall–Kier alpha value is -3.96. The zero-order valence-corrected chi connectivity index (χ0v) is 23.8. The number of aromatic nitrogens is 5. The van der Waals surface area contributed by atoms with Crippen molar-refractivity contribution in [3.8, 4) is 17.6 Å². The number of aryl methyl sites for hydroxylation is 1. The lowest BCUT2D eigenvalue weighted by Gasteiger charge is -2.22. The minimum Gasteiger partial charge on any atom is -0.479 e. The summed E-state index contributed by atoms with van der Waals surface area (Å²) >= 11 is 12.2. The van der Waals surface area contributed by atoms with Gasteiger partial charge in [0.05, 0.1) is 36.2 Å². The smallest absolute Gasteiger partial charge is 0.356 e. The van der Waals surface area contributed by atoms with Gasteiger partial charge >= 0.3 is 12.0 Å². The van der Waals surface area contributed by atoms with Gasteiger partial charge < -0.3 is 19.1 Å². The van der Waals surface area contributed by atoms with Gasteiger partial charge in [-0.05, 0) is 36.1 Å². The Labute approximate surface area is 238 Å². The fraction of sp³-hybridized carbons (Fsp3) is 0.296. The maximum Gasteiger partial charge on any atom is 0.356 e. The Kier molecular flexibility index (Phi) is 8.45. The van der Waals surface area contributed by atoms with Crippen molar-refractivity contribution in [2.45, 2.75) is 32.1 Å². The minimum absolute atomic E-state index is 0.00372. The first-order valence-corrected chi connectivity index (χ1v) is 12.8. The van der Waals surface area contributed by atoms with Crippen LogP contribution >= 0.6 is 23.2 Å². The molecule has 1 N–H and O–H groups in total. The number of benzene rings is 1. The Morgan fingerprint density at radius 2 is 1.90 bits per heavy atom. The lowest BCUT2D eigenvalue weighted by atomic mass is 9.82. The molecule has 4 rings (SSSR count). The quantitative estimate of drug-likeness (QED) is 0.289. The predicted molar refractivity (Wildman–Crippen MR) is 147 cm³/mol. The minimum atomic E-state index is -1.32. The summed E-state index contributed by atoms with van der Waals surface area (Å²) in [5.41, 5.74) is 1.10. The van der Waals surface area contributed by atoms with Crippen LogP contribution < -0.4 is 15.0 Å². The van der Waals surface area contributed by atoms with Gasteiger partial charge in [-0.3, -0.25) is 4.79 Å². The molecule has 0 spiro atoms. The number of carboxylic acid groups (broad SMARTS) is 1. The molecule has 0 amide bonds. The third-order valence-corrected chi connectivity index (χ3v) is 6.88. The van der Waals surface area contributed by atoms with Gasteiger partial charge in [0.15, 0.2) is 5.69 Å². The topological polar surface area (TPSA) is 121 Å². The molecular formula is C27H26Cl2FN5O5. The summed E-state index contributed by atoms with van der Waals surface area (Å²) < 4.78 is 28.0. The summed E-state index contributed by atoms with van der Waals surface area (Å²) in [5.74, 6) is -3.05. The van der Waals surface area contributed by atoms with E-state index in [9.17, 15) is 19.1 Å². The summed E-state index contributed by atoms with van der Waals surface area (Å²) in [6.07, 6.45) is 2.87. The molecule has 0 fully saturated rings. The number of nitrogens with zero attached hydrogens (tertiary/aromatic N) is 5. The number of halogens is 3. The summed E-state index contributed by atoms with van der Waals surface area (Å²) in [6, 6.07) is 5.77.